The van der Waals surface area contributed by atoms with Crippen LogP contribution < -0.4 is 5.73 Å². The number of aliphatic hydroxyl groups is 1. The number of aromatic nitrogens is 1. The summed E-state index contributed by atoms with van der Waals surface area (Å²) in [5.41, 5.74) is 7.35. The Morgan fingerprint density at radius 2 is 2.30 bits per heavy atom. The normalized spacial score (nSPS) is 26.9. The van der Waals surface area contributed by atoms with Crippen LogP contribution in [0.3, 0.4) is 0 Å². The molecule has 0 radical (unpaired) electrons. The topological polar surface area (TPSA) is 65.6 Å². The van der Waals surface area contributed by atoms with E-state index in [0.29, 0.717) is 12.6 Å². The molecule has 1 aliphatic heterocycles. The number of hydrogen-bond donors (Lipinski definition) is 2. The summed E-state index contributed by atoms with van der Waals surface area (Å²) < 4.78 is 0. The zero-order chi connectivity index (χ0) is 14.7. The molecule has 3 N–H and O–H groups in total. The van der Waals surface area contributed by atoms with Crippen molar-refractivity contribution in [3.05, 3.63) is 30.1 Å². The standard InChI is InChI=1S/C15H26N4O/c1-11(16)15(12-5-4-6-17-8-12)19-10-14(20)7-13(19)9-18(2)3/h4-6,8,11,13-15,20H,7,9-10,16H2,1-3H3. The molecule has 112 valence electrons. The minimum absolute atomic E-state index is 0.00541. The Morgan fingerprint density at radius 1 is 1.55 bits per heavy atom. The molecule has 1 fully saturated rings. The number of hydrogen-bond acceptors (Lipinski definition) is 5. The molecule has 0 bridgehead atoms. The molecule has 0 aromatic carbocycles. The van der Waals surface area contributed by atoms with Crippen LogP contribution in [0.25, 0.3) is 0 Å². The second-order valence-corrected chi connectivity index (χ2v) is 6.09. The van der Waals surface area contributed by atoms with Crippen LogP contribution >= 0.6 is 0 Å². The van der Waals surface area contributed by atoms with Gasteiger partial charge in [-0.1, -0.05) is 6.07 Å². The lowest BCUT2D eigenvalue weighted by molar-refractivity contribution is 0.123. The lowest BCUT2D eigenvalue weighted by Crippen LogP contribution is -2.45. The van der Waals surface area contributed by atoms with Gasteiger partial charge in [0.05, 0.1) is 12.1 Å². The first-order valence-corrected chi connectivity index (χ1v) is 7.23. The minimum atomic E-state index is -0.266. The van der Waals surface area contributed by atoms with Crippen LogP contribution in [0.1, 0.15) is 24.9 Å². The highest BCUT2D eigenvalue weighted by molar-refractivity contribution is 5.17. The number of β-amino-alcohol motifs (C(OH)–C–C–N with tert-alkyl or cyclic N) is 1. The fourth-order valence-corrected chi connectivity index (χ4v) is 3.21. The second-order valence-electron chi connectivity index (χ2n) is 6.09. The third kappa shape index (κ3) is 3.55. The largest absolute Gasteiger partial charge is 0.392 e. The van der Waals surface area contributed by atoms with Crippen LogP contribution in [0.15, 0.2) is 24.5 Å². The molecular weight excluding hydrogens is 252 g/mol. The van der Waals surface area contributed by atoms with E-state index in [0.717, 1.165) is 18.5 Å². The molecule has 1 saturated heterocycles. The predicted octanol–water partition coefficient (Wildman–Crippen LogP) is 0.467. The van der Waals surface area contributed by atoms with E-state index in [2.05, 4.69) is 34.9 Å². The Kier molecular flexibility index (Phi) is 5.10. The number of likely N-dealkylation sites (N-methyl/N-ethyl adjacent to an activating group) is 1. The van der Waals surface area contributed by atoms with E-state index >= 15 is 0 Å². The molecule has 0 amide bonds. The van der Waals surface area contributed by atoms with Gasteiger partial charge in [0.25, 0.3) is 0 Å². The molecule has 5 nitrogen and oxygen atoms in total. The van der Waals surface area contributed by atoms with Crippen LogP contribution in [-0.2, 0) is 0 Å². The van der Waals surface area contributed by atoms with Crippen molar-refractivity contribution < 1.29 is 5.11 Å². The van der Waals surface area contributed by atoms with Crippen molar-refractivity contribution in [1.82, 2.24) is 14.8 Å². The van der Waals surface area contributed by atoms with Gasteiger partial charge in [-0.05, 0) is 39.1 Å². The van der Waals surface area contributed by atoms with E-state index in [1.807, 2.05) is 19.2 Å². The summed E-state index contributed by atoms with van der Waals surface area (Å²) in [4.78, 5) is 8.71. The molecule has 0 saturated carbocycles. The minimum Gasteiger partial charge on any atom is -0.392 e. The highest BCUT2D eigenvalue weighted by atomic mass is 16.3. The maximum absolute atomic E-state index is 10.0. The molecule has 1 aromatic rings. The smallest absolute Gasteiger partial charge is 0.0682 e. The maximum Gasteiger partial charge on any atom is 0.0682 e. The van der Waals surface area contributed by atoms with Crippen LogP contribution in [0, 0.1) is 0 Å². The summed E-state index contributed by atoms with van der Waals surface area (Å²) in [7, 11) is 4.13. The van der Waals surface area contributed by atoms with E-state index in [-0.39, 0.29) is 18.2 Å². The van der Waals surface area contributed by atoms with Gasteiger partial charge in [0.2, 0.25) is 0 Å². The maximum atomic E-state index is 10.0. The monoisotopic (exact) mass is 278 g/mol. The van der Waals surface area contributed by atoms with Crippen molar-refractivity contribution in [2.75, 3.05) is 27.2 Å². The summed E-state index contributed by atoms with van der Waals surface area (Å²) in [6.45, 7) is 3.63. The van der Waals surface area contributed by atoms with Crippen molar-refractivity contribution in [2.45, 2.75) is 37.6 Å². The fourth-order valence-electron chi connectivity index (χ4n) is 3.21. The van der Waals surface area contributed by atoms with Crippen molar-refractivity contribution in [3.63, 3.8) is 0 Å². The number of rotatable bonds is 5. The average Bonchev–Trinajstić information content (AvgIpc) is 2.70. The first-order valence-electron chi connectivity index (χ1n) is 7.23. The van der Waals surface area contributed by atoms with Gasteiger partial charge in [-0.3, -0.25) is 9.88 Å². The van der Waals surface area contributed by atoms with Gasteiger partial charge in [-0.2, -0.15) is 0 Å². The second kappa shape index (κ2) is 6.63. The summed E-state index contributed by atoms with van der Waals surface area (Å²) >= 11 is 0. The summed E-state index contributed by atoms with van der Waals surface area (Å²) in [5, 5.41) is 10.0. The first-order chi connectivity index (χ1) is 9.49. The van der Waals surface area contributed by atoms with Gasteiger partial charge < -0.3 is 15.7 Å². The number of aliphatic hydroxyl groups excluding tert-OH is 1. The quantitative estimate of drug-likeness (QED) is 0.819. The fraction of sp³-hybridized carbons (Fsp3) is 0.667. The molecule has 2 rings (SSSR count). The van der Waals surface area contributed by atoms with Gasteiger partial charge >= 0.3 is 0 Å². The third-order valence-electron chi connectivity index (χ3n) is 3.89. The third-order valence-corrected chi connectivity index (χ3v) is 3.89. The van der Waals surface area contributed by atoms with Crippen LogP contribution in [0.5, 0.6) is 0 Å². The molecule has 20 heavy (non-hydrogen) atoms. The number of nitrogens with zero attached hydrogens (tertiary/aromatic N) is 3. The Morgan fingerprint density at radius 3 is 2.85 bits per heavy atom. The van der Waals surface area contributed by atoms with Crippen LogP contribution in [0.2, 0.25) is 0 Å². The predicted molar refractivity (Wildman–Crippen MR) is 80.3 cm³/mol. The molecule has 5 heteroatoms. The zero-order valence-electron chi connectivity index (χ0n) is 12.6. The van der Waals surface area contributed by atoms with Gasteiger partial charge in [0.1, 0.15) is 0 Å². The lowest BCUT2D eigenvalue weighted by Gasteiger charge is -2.36. The highest BCUT2D eigenvalue weighted by Gasteiger charge is 2.37. The lowest BCUT2D eigenvalue weighted by atomic mass is 10.00. The van der Waals surface area contributed by atoms with Gasteiger partial charge in [0.15, 0.2) is 0 Å². The van der Waals surface area contributed by atoms with Gasteiger partial charge in [-0.25, -0.2) is 0 Å². The van der Waals surface area contributed by atoms with Gasteiger partial charge in [0, 0.05) is 37.6 Å². The first kappa shape index (κ1) is 15.4. The Bertz CT molecular complexity index is 410. The Balaban J connectivity index is 2.23. The molecule has 4 atom stereocenters. The van der Waals surface area contributed by atoms with Crippen molar-refractivity contribution in [1.29, 1.82) is 0 Å². The van der Waals surface area contributed by atoms with Crippen molar-refractivity contribution in [3.8, 4) is 0 Å². The highest BCUT2D eigenvalue weighted by Crippen LogP contribution is 2.31. The molecule has 2 heterocycles. The van der Waals surface area contributed by atoms with E-state index in [1.165, 1.54) is 0 Å². The van der Waals surface area contributed by atoms with Crippen LogP contribution in [0.4, 0.5) is 0 Å². The molecule has 4 unspecified atom stereocenters. The summed E-state index contributed by atoms with van der Waals surface area (Å²) in [6.07, 6.45) is 4.20. The van der Waals surface area contributed by atoms with E-state index < -0.39 is 0 Å². The Hall–Kier alpha value is -1.01. The van der Waals surface area contributed by atoms with Crippen molar-refractivity contribution >= 4 is 0 Å². The SMILES string of the molecule is CC(N)C(c1cccnc1)N1CC(O)CC1CN(C)C. The zero-order valence-corrected chi connectivity index (χ0v) is 12.6. The van der Waals surface area contributed by atoms with Crippen molar-refractivity contribution in [2.24, 2.45) is 5.73 Å². The van der Waals surface area contributed by atoms with E-state index in [9.17, 15) is 5.11 Å². The molecular formula is C15H26N4O. The number of likely N-dealkylation sites (tertiary alicyclic amines) is 1. The van der Waals surface area contributed by atoms with E-state index in [4.69, 9.17) is 5.73 Å². The summed E-state index contributed by atoms with van der Waals surface area (Å²) in [5.74, 6) is 0. The molecule has 1 aliphatic rings. The molecule has 0 spiro atoms. The molecule has 0 aliphatic carbocycles. The summed E-state index contributed by atoms with van der Waals surface area (Å²) in [6, 6.07) is 4.44. The molecule has 1 aromatic heterocycles. The Labute approximate surface area is 121 Å². The van der Waals surface area contributed by atoms with Crippen LogP contribution in [-0.4, -0.2) is 65.3 Å². The average molecular weight is 278 g/mol. The number of pyridine rings is 1. The van der Waals surface area contributed by atoms with Gasteiger partial charge in [-0.15, -0.1) is 0 Å². The number of nitrogens with two attached hydrogens (primary N) is 1. The van der Waals surface area contributed by atoms with E-state index in [1.54, 1.807) is 6.20 Å².